The predicted molar refractivity (Wildman–Crippen MR) is 79.9 cm³/mol. The van der Waals surface area contributed by atoms with E-state index in [0.29, 0.717) is 24.1 Å². The van der Waals surface area contributed by atoms with Crippen molar-refractivity contribution in [3.8, 4) is 0 Å². The second-order valence-electron chi connectivity index (χ2n) is 5.38. The molecule has 0 spiro atoms. The number of benzene rings is 1. The van der Waals surface area contributed by atoms with Gasteiger partial charge in [-0.2, -0.15) is 0 Å². The molecule has 0 saturated carbocycles. The van der Waals surface area contributed by atoms with Crippen LogP contribution in [0.3, 0.4) is 0 Å². The van der Waals surface area contributed by atoms with Crippen molar-refractivity contribution in [1.82, 2.24) is 9.58 Å². The number of hydrogen-bond acceptors (Lipinski definition) is 4. The Kier molecular flexibility index (Phi) is 3.51. The van der Waals surface area contributed by atoms with Crippen molar-refractivity contribution in [2.75, 3.05) is 12.4 Å². The van der Waals surface area contributed by atoms with E-state index in [4.69, 9.17) is 5.84 Å². The fraction of sp³-hybridized carbons (Fsp3) is 0.267. The number of carboxylic acid groups (broad SMARTS) is 1. The fourth-order valence-electron chi connectivity index (χ4n) is 2.91. The smallest absolute Gasteiger partial charge is 0.338 e. The summed E-state index contributed by atoms with van der Waals surface area (Å²) in [6.45, 7) is 0.367. The zero-order chi connectivity index (χ0) is 16.7. The van der Waals surface area contributed by atoms with Crippen LogP contribution in [-0.4, -0.2) is 33.1 Å². The number of carboxylic acids is 1. The lowest BCUT2D eigenvalue weighted by molar-refractivity contribution is -0.128. The molecule has 3 rings (SSSR count). The zero-order valence-corrected chi connectivity index (χ0v) is 12.1. The lowest BCUT2D eigenvalue weighted by Crippen LogP contribution is -2.37. The van der Waals surface area contributed by atoms with Gasteiger partial charge >= 0.3 is 5.97 Å². The molecule has 1 aliphatic heterocycles. The van der Waals surface area contributed by atoms with Gasteiger partial charge in [0.05, 0.1) is 23.2 Å². The molecular formula is C15H14FN3O4. The molecule has 1 saturated heterocycles. The molecule has 1 amide bonds. The number of aromatic nitrogens is 1. The first kappa shape index (κ1) is 15.0. The van der Waals surface area contributed by atoms with Gasteiger partial charge in [0.25, 0.3) is 5.56 Å². The molecule has 23 heavy (non-hydrogen) atoms. The Morgan fingerprint density at radius 1 is 1.35 bits per heavy atom. The number of carbonyl (C=O) groups is 2. The van der Waals surface area contributed by atoms with Crippen molar-refractivity contribution in [3.63, 3.8) is 0 Å². The van der Waals surface area contributed by atoms with Crippen molar-refractivity contribution in [2.24, 2.45) is 0 Å². The topological polar surface area (TPSA) is 106 Å². The summed E-state index contributed by atoms with van der Waals surface area (Å²) in [4.78, 5) is 37.2. The zero-order valence-electron chi connectivity index (χ0n) is 12.1. The van der Waals surface area contributed by atoms with Crippen molar-refractivity contribution in [3.05, 3.63) is 45.6 Å². The van der Waals surface area contributed by atoms with Gasteiger partial charge in [0, 0.05) is 18.4 Å². The highest BCUT2D eigenvalue weighted by molar-refractivity contribution is 6.04. The van der Waals surface area contributed by atoms with Gasteiger partial charge in [-0.25, -0.2) is 13.9 Å². The minimum atomic E-state index is -1.33. The average Bonchev–Trinajstić information content (AvgIpc) is 2.89. The van der Waals surface area contributed by atoms with Gasteiger partial charge in [-0.1, -0.05) is 12.1 Å². The summed E-state index contributed by atoms with van der Waals surface area (Å²) in [5.74, 6) is 3.42. The van der Waals surface area contributed by atoms with Gasteiger partial charge in [0.2, 0.25) is 5.91 Å². The second-order valence-corrected chi connectivity index (χ2v) is 5.38. The van der Waals surface area contributed by atoms with E-state index in [-0.39, 0.29) is 34.5 Å². The number of likely N-dealkylation sites (tertiary alicyclic amines) is 1. The van der Waals surface area contributed by atoms with Crippen molar-refractivity contribution >= 4 is 22.6 Å². The standard InChI is InChI=1S/C15H14FN3O4/c16-9-4-1-3-8-12(9)14(21)19(17)10(13(8)15(22)23)7-18-6-2-5-11(18)20/h1,3-4H,2,5-7,17H2,(H,22,23). The molecule has 120 valence electrons. The Balaban J connectivity index is 2.30. The molecule has 0 unspecified atom stereocenters. The van der Waals surface area contributed by atoms with Gasteiger partial charge in [-0.05, 0) is 12.5 Å². The summed E-state index contributed by atoms with van der Waals surface area (Å²) in [5, 5.41) is 9.12. The highest BCUT2D eigenvalue weighted by Crippen LogP contribution is 2.23. The van der Waals surface area contributed by atoms with E-state index in [0.717, 1.165) is 6.07 Å². The number of fused-ring (bicyclic) bond motifs is 1. The number of halogens is 1. The highest BCUT2D eigenvalue weighted by atomic mass is 19.1. The normalized spacial score (nSPS) is 14.7. The minimum Gasteiger partial charge on any atom is -0.478 e. The molecular weight excluding hydrogens is 305 g/mol. The first-order chi connectivity index (χ1) is 10.9. The van der Waals surface area contributed by atoms with Crippen LogP contribution in [0.25, 0.3) is 10.8 Å². The fourth-order valence-corrected chi connectivity index (χ4v) is 2.91. The van der Waals surface area contributed by atoms with Crippen LogP contribution in [0.15, 0.2) is 23.0 Å². The number of nitrogen functional groups attached to an aromatic ring is 1. The predicted octanol–water partition coefficient (Wildman–Crippen LogP) is 0.675. The Morgan fingerprint density at radius 3 is 2.70 bits per heavy atom. The molecule has 1 aromatic carbocycles. The first-order valence-corrected chi connectivity index (χ1v) is 7.04. The van der Waals surface area contributed by atoms with Crippen LogP contribution in [0.5, 0.6) is 0 Å². The van der Waals surface area contributed by atoms with Crippen LogP contribution in [-0.2, 0) is 11.3 Å². The first-order valence-electron chi connectivity index (χ1n) is 7.04. The maximum Gasteiger partial charge on any atom is 0.338 e. The lowest BCUT2D eigenvalue weighted by Gasteiger charge is -2.20. The summed E-state index contributed by atoms with van der Waals surface area (Å²) < 4.78 is 14.6. The van der Waals surface area contributed by atoms with Gasteiger partial charge < -0.3 is 15.8 Å². The van der Waals surface area contributed by atoms with Crippen LogP contribution in [0.4, 0.5) is 4.39 Å². The average molecular weight is 319 g/mol. The summed E-state index contributed by atoms with van der Waals surface area (Å²) in [5.41, 5.74) is -1.11. The molecule has 0 bridgehead atoms. The summed E-state index contributed by atoms with van der Waals surface area (Å²) in [6.07, 6.45) is 1.04. The minimum absolute atomic E-state index is 0.0177. The van der Waals surface area contributed by atoms with Crippen molar-refractivity contribution in [2.45, 2.75) is 19.4 Å². The number of nitrogens with two attached hydrogens (primary N) is 1. The third-order valence-electron chi connectivity index (χ3n) is 4.02. The molecule has 7 nitrogen and oxygen atoms in total. The Bertz CT molecular complexity index is 890. The Labute approximate surface area is 129 Å². The van der Waals surface area contributed by atoms with E-state index in [1.165, 1.54) is 17.0 Å². The van der Waals surface area contributed by atoms with E-state index < -0.39 is 17.3 Å². The number of carbonyl (C=O) groups excluding carboxylic acids is 1. The van der Waals surface area contributed by atoms with Crippen LogP contribution in [0, 0.1) is 5.82 Å². The van der Waals surface area contributed by atoms with Crippen LogP contribution in [0.1, 0.15) is 28.9 Å². The van der Waals surface area contributed by atoms with E-state index in [1.807, 2.05) is 0 Å². The highest BCUT2D eigenvalue weighted by Gasteiger charge is 2.27. The van der Waals surface area contributed by atoms with Gasteiger partial charge in [0.1, 0.15) is 5.82 Å². The molecule has 0 radical (unpaired) electrons. The third kappa shape index (κ3) is 2.32. The molecule has 0 aliphatic carbocycles. The molecule has 3 N–H and O–H groups in total. The Hall–Kier alpha value is -2.90. The van der Waals surface area contributed by atoms with Gasteiger partial charge in [-0.15, -0.1) is 0 Å². The molecule has 2 heterocycles. The molecule has 1 aliphatic rings. The van der Waals surface area contributed by atoms with E-state index in [2.05, 4.69) is 0 Å². The van der Waals surface area contributed by atoms with Crippen LogP contribution >= 0.6 is 0 Å². The molecule has 0 atom stereocenters. The van der Waals surface area contributed by atoms with Gasteiger partial charge in [0.15, 0.2) is 0 Å². The number of amides is 1. The third-order valence-corrected chi connectivity index (χ3v) is 4.02. The van der Waals surface area contributed by atoms with Crippen LogP contribution < -0.4 is 11.4 Å². The van der Waals surface area contributed by atoms with Crippen LogP contribution in [0.2, 0.25) is 0 Å². The van der Waals surface area contributed by atoms with Crippen molar-refractivity contribution in [1.29, 1.82) is 0 Å². The SMILES string of the molecule is Nn1c(CN2CCCC2=O)c(C(=O)O)c2cccc(F)c2c1=O. The van der Waals surface area contributed by atoms with E-state index in [1.54, 1.807) is 0 Å². The number of pyridine rings is 1. The van der Waals surface area contributed by atoms with Crippen molar-refractivity contribution < 1.29 is 19.1 Å². The van der Waals surface area contributed by atoms with Gasteiger partial charge in [-0.3, -0.25) is 9.59 Å². The molecule has 8 heteroatoms. The molecule has 1 aromatic heterocycles. The quantitative estimate of drug-likeness (QED) is 0.809. The summed E-state index contributed by atoms with van der Waals surface area (Å²) in [7, 11) is 0. The maximum atomic E-state index is 13.9. The molecule has 2 aromatic rings. The Morgan fingerprint density at radius 2 is 2.09 bits per heavy atom. The monoisotopic (exact) mass is 319 g/mol. The largest absolute Gasteiger partial charge is 0.478 e. The summed E-state index contributed by atoms with van der Waals surface area (Å²) >= 11 is 0. The number of rotatable bonds is 3. The maximum absolute atomic E-state index is 13.9. The van der Waals surface area contributed by atoms with E-state index in [9.17, 15) is 23.9 Å². The summed E-state index contributed by atoms with van der Waals surface area (Å²) in [6, 6.07) is 3.76. The van der Waals surface area contributed by atoms with E-state index >= 15 is 0 Å². The second kappa shape index (κ2) is 5.38. The number of aromatic carboxylic acids is 1. The number of hydrogen-bond donors (Lipinski definition) is 2. The number of nitrogens with zero attached hydrogens (tertiary/aromatic N) is 2. The molecule has 1 fully saturated rings. The lowest BCUT2D eigenvalue weighted by atomic mass is 10.0.